The van der Waals surface area contributed by atoms with Crippen LogP contribution in [0.25, 0.3) is 0 Å². The van der Waals surface area contributed by atoms with Crippen molar-refractivity contribution >= 4 is 34.5 Å². The first-order valence-corrected chi connectivity index (χ1v) is 5.81. The van der Waals surface area contributed by atoms with Crippen molar-refractivity contribution in [2.24, 2.45) is 11.5 Å². The summed E-state index contributed by atoms with van der Waals surface area (Å²) in [6.45, 7) is 0. The Bertz CT molecular complexity index is 426. The summed E-state index contributed by atoms with van der Waals surface area (Å²) in [5.74, 6) is 0. The van der Waals surface area contributed by atoms with E-state index in [2.05, 4.69) is 20.9 Å². The van der Waals surface area contributed by atoms with Crippen LogP contribution < -0.4 is 22.1 Å². The summed E-state index contributed by atoms with van der Waals surface area (Å²) in [6, 6.07) is -2.29. The van der Waals surface area contributed by atoms with Gasteiger partial charge < -0.3 is 20.9 Å². The van der Waals surface area contributed by atoms with E-state index in [1.165, 1.54) is 14.2 Å². The lowest BCUT2D eigenvalue weighted by atomic mass is 10.9. The van der Waals surface area contributed by atoms with E-state index < -0.39 is 22.5 Å². The molecule has 0 saturated carbocycles. The molecular weight excluding hydrogens is 316 g/mol. The molecule has 0 bridgehead atoms. The molecule has 4 amide bonds. The number of hydrogen-bond donors (Lipinski definition) is 8. The number of nitrogens with one attached hydrogen (secondary N) is 4. The number of urea groups is 2. The van der Waals surface area contributed by atoms with Crippen LogP contribution in [0.2, 0.25) is 0 Å². The fraction of sp³-hybridized carbons (Fsp3) is 0.333. The fourth-order valence-corrected chi connectivity index (χ4v) is 0.326. The van der Waals surface area contributed by atoms with E-state index in [1.807, 2.05) is 10.6 Å². The maximum absolute atomic E-state index is 9.86. The first-order valence-electron chi connectivity index (χ1n) is 4.41. The topological polar surface area (TPSA) is 251 Å². The van der Waals surface area contributed by atoms with Gasteiger partial charge in [0.05, 0.1) is 14.2 Å². The van der Waals surface area contributed by atoms with Gasteiger partial charge in [-0.2, -0.15) is 8.42 Å². The summed E-state index contributed by atoms with van der Waals surface area (Å²) in [6.07, 6.45) is 0. The average Bonchev–Trinajstić information content (AvgIpc) is 2.25. The number of carbonyl (C=O) groups excluding carboxylic acids is 2. The lowest BCUT2D eigenvalue weighted by Crippen LogP contribution is -2.35. The highest BCUT2D eigenvalue weighted by Gasteiger charge is 1.94. The van der Waals surface area contributed by atoms with Crippen LogP contribution in [0.3, 0.4) is 0 Å². The highest BCUT2D eigenvalue weighted by Crippen LogP contribution is 1.64. The SMILES string of the molecule is COC(=N)NC(N)=O.COC(=N)NC(N)=O.O=S(=O)(O)O. The molecule has 124 valence electrons. The van der Waals surface area contributed by atoms with Gasteiger partial charge in [0.15, 0.2) is 0 Å². The van der Waals surface area contributed by atoms with Gasteiger partial charge in [-0.15, -0.1) is 0 Å². The number of rotatable bonds is 0. The normalized spacial score (nSPS) is 8.57. The Kier molecular flexibility index (Phi) is 13.8. The smallest absolute Gasteiger partial charge is 0.394 e. The summed E-state index contributed by atoms with van der Waals surface area (Å²) in [4.78, 5) is 19.7. The maximum Gasteiger partial charge on any atom is 0.394 e. The number of ether oxygens (including phenoxy) is 2. The second-order valence-electron chi connectivity index (χ2n) is 2.49. The molecule has 0 rings (SSSR count). The highest BCUT2D eigenvalue weighted by atomic mass is 32.3. The third-order valence-corrected chi connectivity index (χ3v) is 0.882. The van der Waals surface area contributed by atoms with Crippen LogP contribution in [0.1, 0.15) is 0 Å². The highest BCUT2D eigenvalue weighted by molar-refractivity contribution is 7.79. The molecule has 0 radical (unpaired) electrons. The molecule has 0 aromatic heterocycles. The number of nitrogens with two attached hydrogens (primary N) is 2. The summed E-state index contributed by atoms with van der Waals surface area (Å²) in [5, 5.41) is 17.1. The maximum atomic E-state index is 9.86. The molecule has 14 nitrogen and oxygen atoms in total. The molecule has 0 heterocycles. The molecule has 0 aromatic carbocycles. The van der Waals surface area contributed by atoms with E-state index in [4.69, 9.17) is 28.3 Å². The third-order valence-electron chi connectivity index (χ3n) is 0.882. The lowest BCUT2D eigenvalue weighted by molar-refractivity contribution is 0.249. The van der Waals surface area contributed by atoms with Gasteiger partial charge in [-0.25, -0.2) is 9.59 Å². The zero-order valence-corrected chi connectivity index (χ0v) is 11.7. The van der Waals surface area contributed by atoms with Crippen LogP contribution in [0.5, 0.6) is 0 Å². The Morgan fingerprint density at radius 1 is 0.952 bits per heavy atom. The minimum atomic E-state index is -4.67. The Morgan fingerprint density at radius 2 is 1.14 bits per heavy atom. The molecule has 0 spiro atoms. The molecule has 0 aliphatic heterocycles. The molecule has 0 atom stereocenters. The molecule has 0 aliphatic rings. The third kappa shape index (κ3) is 46.8. The average molecular weight is 332 g/mol. The summed E-state index contributed by atoms with van der Waals surface area (Å²) in [5.41, 5.74) is 9.20. The van der Waals surface area contributed by atoms with E-state index in [0.29, 0.717) is 0 Å². The van der Waals surface area contributed by atoms with Gasteiger partial charge in [-0.1, -0.05) is 0 Å². The standard InChI is InChI=1S/2C3H7N3O2.H2O4S/c2*1-8-3(5)6-2(4)7;1-5(2,3)4/h2*1H3,(H4,4,5,6,7);(H2,1,2,3,4). The fourth-order valence-electron chi connectivity index (χ4n) is 0.326. The zero-order chi connectivity index (χ0) is 17.6. The van der Waals surface area contributed by atoms with Crippen LogP contribution in [0.15, 0.2) is 0 Å². The van der Waals surface area contributed by atoms with Gasteiger partial charge in [0.1, 0.15) is 0 Å². The predicted molar refractivity (Wildman–Crippen MR) is 69.1 cm³/mol. The molecular formula is C6H16N6O8S. The molecule has 15 heteroatoms. The van der Waals surface area contributed by atoms with Crippen LogP contribution in [0, 0.1) is 10.8 Å². The molecule has 0 fully saturated rings. The predicted octanol–water partition coefficient (Wildman–Crippen LogP) is -2.18. The van der Waals surface area contributed by atoms with Gasteiger partial charge >= 0.3 is 22.5 Å². The number of carbonyl (C=O) groups is 2. The Balaban J connectivity index is -0.000000239. The van der Waals surface area contributed by atoms with Crippen molar-refractivity contribution in [1.82, 2.24) is 10.6 Å². The van der Waals surface area contributed by atoms with E-state index in [-0.39, 0.29) is 12.0 Å². The monoisotopic (exact) mass is 332 g/mol. The van der Waals surface area contributed by atoms with E-state index in [9.17, 15) is 9.59 Å². The van der Waals surface area contributed by atoms with Crippen molar-refractivity contribution in [2.45, 2.75) is 0 Å². The molecule has 0 saturated heterocycles. The second kappa shape index (κ2) is 12.4. The van der Waals surface area contributed by atoms with Gasteiger partial charge in [-0.05, 0) is 0 Å². The number of amidine groups is 2. The zero-order valence-electron chi connectivity index (χ0n) is 10.9. The summed E-state index contributed by atoms with van der Waals surface area (Å²) in [7, 11) is -2.14. The van der Waals surface area contributed by atoms with Gasteiger partial charge in [0.2, 0.25) is 0 Å². The molecule has 0 aromatic rings. The number of methoxy groups -OCH3 is 2. The van der Waals surface area contributed by atoms with Gasteiger partial charge in [-0.3, -0.25) is 30.6 Å². The van der Waals surface area contributed by atoms with Crippen molar-refractivity contribution in [2.75, 3.05) is 14.2 Å². The van der Waals surface area contributed by atoms with Crippen molar-refractivity contribution in [1.29, 1.82) is 10.8 Å². The van der Waals surface area contributed by atoms with E-state index in [0.717, 1.165) is 0 Å². The first-order chi connectivity index (χ1) is 9.33. The molecule has 0 unspecified atom stereocenters. The van der Waals surface area contributed by atoms with Gasteiger partial charge in [0.25, 0.3) is 12.0 Å². The lowest BCUT2D eigenvalue weighted by Gasteiger charge is -1.98. The quantitative estimate of drug-likeness (QED) is 0.137. The molecule has 21 heavy (non-hydrogen) atoms. The Hall–Kier alpha value is -2.65. The summed E-state index contributed by atoms with van der Waals surface area (Å²) >= 11 is 0. The van der Waals surface area contributed by atoms with Crippen LogP contribution in [-0.2, 0) is 19.9 Å². The van der Waals surface area contributed by atoms with E-state index in [1.54, 1.807) is 0 Å². The Morgan fingerprint density at radius 3 is 1.19 bits per heavy atom. The first kappa shape index (κ1) is 23.4. The number of primary amides is 2. The van der Waals surface area contributed by atoms with Crippen molar-refractivity contribution in [3.05, 3.63) is 0 Å². The van der Waals surface area contributed by atoms with Crippen LogP contribution in [-0.4, -0.2) is 55.8 Å². The minimum Gasteiger partial charge on any atom is -0.468 e. The Labute approximate surface area is 119 Å². The van der Waals surface area contributed by atoms with E-state index >= 15 is 0 Å². The van der Waals surface area contributed by atoms with Crippen molar-refractivity contribution < 1.29 is 36.6 Å². The number of hydrogen-bond acceptors (Lipinski definition) is 8. The van der Waals surface area contributed by atoms with Crippen molar-refractivity contribution in [3.8, 4) is 0 Å². The van der Waals surface area contributed by atoms with Crippen molar-refractivity contribution in [3.63, 3.8) is 0 Å². The second-order valence-corrected chi connectivity index (χ2v) is 3.39. The molecule has 0 aliphatic carbocycles. The van der Waals surface area contributed by atoms with Gasteiger partial charge in [0, 0.05) is 0 Å². The number of amides is 4. The minimum absolute atomic E-state index is 0.350. The van der Waals surface area contributed by atoms with Crippen LogP contribution in [0.4, 0.5) is 9.59 Å². The largest absolute Gasteiger partial charge is 0.468 e. The van der Waals surface area contributed by atoms with Crippen LogP contribution >= 0.6 is 0 Å². The summed E-state index contributed by atoms with van der Waals surface area (Å²) < 4.78 is 40.0. The molecule has 10 N–H and O–H groups in total.